The predicted octanol–water partition coefficient (Wildman–Crippen LogP) is 0.800. The van der Waals surface area contributed by atoms with E-state index >= 15 is 0 Å². The summed E-state index contributed by atoms with van der Waals surface area (Å²) in [5.74, 6) is -1.18. The summed E-state index contributed by atoms with van der Waals surface area (Å²) in [4.78, 5) is 24.5. The molecule has 3 unspecified atom stereocenters. The van der Waals surface area contributed by atoms with E-state index in [0.29, 0.717) is 24.9 Å². The van der Waals surface area contributed by atoms with Gasteiger partial charge in [-0.05, 0) is 32.9 Å². The number of carbonyl (C=O) groups excluding carboxylic acids is 1. The van der Waals surface area contributed by atoms with Crippen LogP contribution in [-0.2, 0) is 9.59 Å². The van der Waals surface area contributed by atoms with Crippen molar-refractivity contribution in [3.05, 3.63) is 0 Å². The fourth-order valence-electron chi connectivity index (χ4n) is 2.13. The fraction of sp³-hybridized carbons (Fsp3) is 0.846. The van der Waals surface area contributed by atoms with Crippen LogP contribution >= 0.6 is 0 Å². The molecule has 0 saturated heterocycles. The van der Waals surface area contributed by atoms with Crippen molar-refractivity contribution in [1.29, 1.82) is 0 Å². The summed E-state index contributed by atoms with van der Waals surface area (Å²) < 4.78 is 0. The average molecular weight is 256 g/mol. The Morgan fingerprint density at radius 2 is 1.94 bits per heavy atom. The van der Waals surface area contributed by atoms with Gasteiger partial charge in [0.25, 0.3) is 0 Å². The Kier molecular flexibility index (Phi) is 5.14. The molecule has 0 aromatic heterocycles. The Labute approximate surface area is 109 Å². The number of likely N-dealkylation sites (N-methyl/N-ethyl adjacent to an activating group) is 1. The van der Waals surface area contributed by atoms with E-state index in [9.17, 15) is 9.59 Å². The molecule has 1 saturated carbocycles. The summed E-state index contributed by atoms with van der Waals surface area (Å²) in [5, 5.41) is 11.6. The second-order valence-electron chi connectivity index (χ2n) is 5.78. The van der Waals surface area contributed by atoms with E-state index in [1.165, 1.54) is 0 Å². The van der Waals surface area contributed by atoms with Crippen LogP contribution in [-0.4, -0.2) is 48.6 Å². The molecular weight excluding hydrogens is 232 g/mol. The van der Waals surface area contributed by atoms with Crippen molar-refractivity contribution in [3.63, 3.8) is 0 Å². The zero-order chi connectivity index (χ0) is 13.9. The molecule has 1 amide bonds. The van der Waals surface area contributed by atoms with Gasteiger partial charge in [0.2, 0.25) is 5.91 Å². The van der Waals surface area contributed by atoms with Crippen molar-refractivity contribution < 1.29 is 14.7 Å². The topological polar surface area (TPSA) is 69.6 Å². The van der Waals surface area contributed by atoms with E-state index in [0.717, 1.165) is 6.42 Å². The molecule has 1 fully saturated rings. The lowest BCUT2D eigenvalue weighted by molar-refractivity contribution is -0.140. The maximum atomic E-state index is 11.7. The first kappa shape index (κ1) is 15.0. The van der Waals surface area contributed by atoms with E-state index in [2.05, 4.69) is 24.1 Å². The Bertz CT molecular complexity index is 315. The van der Waals surface area contributed by atoms with Gasteiger partial charge in [-0.15, -0.1) is 0 Å². The van der Waals surface area contributed by atoms with Crippen LogP contribution in [0.5, 0.6) is 0 Å². The van der Waals surface area contributed by atoms with Gasteiger partial charge in [0.05, 0.1) is 11.8 Å². The van der Waals surface area contributed by atoms with Gasteiger partial charge in [0.1, 0.15) is 0 Å². The number of carbonyl (C=O) groups is 2. The number of aliphatic carboxylic acids is 1. The third kappa shape index (κ3) is 4.29. The molecule has 18 heavy (non-hydrogen) atoms. The summed E-state index contributed by atoms with van der Waals surface area (Å²) in [6.07, 6.45) is 1.50. The molecule has 5 nitrogen and oxygen atoms in total. The zero-order valence-corrected chi connectivity index (χ0v) is 11.6. The van der Waals surface area contributed by atoms with Crippen LogP contribution in [0.1, 0.15) is 26.7 Å². The van der Waals surface area contributed by atoms with Gasteiger partial charge >= 0.3 is 5.97 Å². The highest BCUT2D eigenvalue weighted by Crippen LogP contribution is 2.38. The predicted molar refractivity (Wildman–Crippen MR) is 69.2 cm³/mol. The number of carboxylic acids is 1. The molecule has 1 rings (SSSR count). The van der Waals surface area contributed by atoms with Gasteiger partial charge in [0.15, 0.2) is 0 Å². The van der Waals surface area contributed by atoms with Crippen LogP contribution in [0.2, 0.25) is 0 Å². The number of carboxylic acid groups (broad SMARTS) is 1. The van der Waals surface area contributed by atoms with Crippen molar-refractivity contribution in [1.82, 2.24) is 10.2 Å². The average Bonchev–Trinajstić information content (AvgIpc) is 3.02. The molecule has 1 aliphatic rings. The number of hydrogen-bond donors (Lipinski definition) is 2. The van der Waals surface area contributed by atoms with Crippen molar-refractivity contribution in [3.8, 4) is 0 Å². The lowest BCUT2D eigenvalue weighted by atomic mass is 10.0. The molecule has 0 aliphatic heterocycles. The first-order chi connectivity index (χ1) is 8.32. The van der Waals surface area contributed by atoms with Gasteiger partial charge in [-0.3, -0.25) is 9.59 Å². The highest BCUT2D eigenvalue weighted by molar-refractivity contribution is 5.89. The summed E-state index contributed by atoms with van der Waals surface area (Å²) in [6, 6.07) is 0.302. The molecule has 5 heteroatoms. The first-order valence-corrected chi connectivity index (χ1v) is 6.49. The highest BCUT2D eigenvalue weighted by atomic mass is 16.4. The molecule has 1 aliphatic carbocycles. The molecule has 0 bridgehead atoms. The SMILES string of the molecule is CC(C)CC(CNC(=O)C1CC1C(=O)O)N(C)C. The Balaban J connectivity index is 2.34. The van der Waals surface area contributed by atoms with Crippen LogP contribution in [0, 0.1) is 17.8 Å². The molecule has 0 radical (unpaired) electrons. The first-order valence-electron chi connectivity index (χ1n) is 6.49. The minimum absolute atomic E-state index is 0.113. The lowest BCUT2D eigenvalue weighted by Crippen LogP contribution is -2.41. The van der Waals surface area contributed by atoms with E-state index in [1.54, 1.807) is 0 Å². The quantitative estimate of drug-likeness (QED) is 0.707. The maximum absolute atomic E-state index is 11.7. The Morgan fingerprint density at radius 1 is 1.33 bits per heavy atom. The van der Waals surface area contributed by atoms with Crippen molar-refractivity contribution in [2.75, 3.05) is 20.6 Å². The Hall–Kier alpha value is -1.10. The minimum Gasteiger partial charge on any atom is -0.481 e. The highest BCUT2D eigenvalue weighted by Gasteiger charge is 2.48. The van der Waals surface area contributed by atoms with E-state index in [-0.39, 0.29) is 11.8 Å². The van der Waals surface area contributed by atoms with Crippen LogP contribution in [0.4, 0.5) is 0 Å². The van der Waals surface area contributed by atoms with Crippen molar-refractivity contribution >= 4 is 11.9 Å². The maximum Gasteiger partial charge on any atom is 0.307 e. The molecule has 0 aromatic rings. The number of hydrogen-bond acceptors (Lipinski definition) is 3. The van der Waals surface area contributed by atoms with Crippen LogP contribution in [0.15, 0.2) is 0 Å². The van der Waals surface area contributed by atoms with Crippen molar-refractivity contribution in [2.24, 2.45) is 17.8 Å². The van der Waals surface area contributed by atoms with Gasteiger partial charge in [-0.1, -0.05) is 13.8 Å². The fourth-order valence-corrected chi connectivity index (χ4v) is 2.13. The minimum atomic E-state index is -0.860. The summed E-state index contributed by atoms with van der Waals surface area (Å²) >= 11 is 0. The molecule has 2 N–H and O–H groups in total. The van der Waals surface area contributed by atoms with Gasteiger partial charge in [-0.25, -0.2) is 0 Å². The third-order valence-electron chi connectivity index (χ3n) is 3.43. The molecule has 0 aromatic carbocycles. The van der Waals surface area contributed by atoms with E-state index < -0.39 is 11.9 Å². The second kappa shape index (κ2) is 6.18. The summed E-state index contributed by atoms with van der Waals surface area (Å²) in [5.41, 5.74) is 0. The number of nitrogens with one attached hydrogen (secondary N) is 1. The normalized spacial score (nSPS) is 24.1. The molecule has 0 heterocycles. The second-order valence-corrected chi connectivity index (χ2v) is 5.78. The van der Waals surface area contributed by atoms with Crippen molar-refractivity contribution in [2.45, 2.75) is 32.7 Å². The van der Waals surface area contributed by atoms with Crippen LogP contribution < -0.4 is 5.32 Å². The van der Waals surface area contributed by atoms with E-state index in [4.69, 9.17) is 5.11 Å². The lowest BCUT2D eigenvalue weighted by Gasteiger charge is -2.26. The van der Waals surface area contributed by atoms with Crippen LogP contribution in [0.25, 0.3) is 0 Å². The monoisotopic (exact) mass is 256 g/mol. The van der Waals surface area contributed by atoms with E-state index in [1.807, 2.05) is 14.1 Å². The standard InChI is InChI=1S/C13H24N2O3/c1-8(2)5-9(15(3)4)7-14-12(16)10-6-11(10)13(17)18/h8-11H,5-7H2,1-4H3,(H,14,16)(H,17,18). The van der Waals surface area contributed by atoms with Crippen LogP contribution in [0.3, 0.4) is 0 Å². The smallest absolute Gasteiger partial charge is 0.307 e. The molecule has 104 valence electrons. The van der Waals surface area contributed by atoms with Gasteiger partial charge in [-0.2, -0.15) is 0 Å². The Morgan fingerprint density at radius 3 is 2.33 bits per heavy atom. The third-order valence-corrected chi connectivity index (χ3v) is 3.43. The largest absolute Gasteiger partial charge is 0.481 e. The zero-order valence-electron chi connectivity index (χ0n) is 11.6. The summed E-state index contributed by atoms with van der Waals surface area (Å²) in [7, 11) is 3.99. The molecule has 0 spiro atoms. The van der Waals surface area contributed by atoms with Gasteiger partial charge in [0, 0.05) is 12.6 Å². The molecular formula is C13H24N2O3. The summed E-state index contributed by atoms with van der Waals surface area (Å²) in [6.45, 7) is 4.90. The van der Waals surface area contributed by atoms with Gasteiger partial charge < -0.3 is 15.3 Å². The number of rotatable bonds is 7. The number of amides is 1. The molecule has 3 atom stereocenters. The number of nitrogens with zero attached hydrogens (tertiary/aromatic N) is 1.